The van der Waals surface area contributed by atoms with Crippen molar-refractivity contribution in [3.05, 3.63) is 65.7 Å². The van der Waals surface area contributed by atoms with Gasteiger partial charge in [-0.15, -0.1) is 0 Å². The molecule has 2 aromatic carbocycles. The fourth-order valence-electron chi connectivity index (χ4n) is 2.42. The van der Waals surface area contributed by atoms with Gasteiger partial charge in [0, 0.05) is 18.8 Å². The molecule has 0 aliphatic heterocycles. The monoisotopic (exact) mass is 297 g/mol. The summed E-state index contributed by atoms with van der Waals surface area (Å²) in [5.41, 5.74) is 2.92. The third kappa shape index (κ3) is 4.35. The van der Waals surface area contributed by atoms with E-state index in [0.29, 0.717) is 12.2 Å². The maximum absolute atomic E-state index is 11.9. The van der Waals surface area contributed by atoms with E-state index in [1.807, 2.05) is 31.2 Å². The smallest absolute Gasteiger partial charge is 0.338 e. The van der Waals surface area contributed by atoms with E-state index < -0.39 is 0 Å². The number of rotatable bonds is 7. The highest BCUT2D eigenvalue weighted by Gasteiger charge is 2.11. The molecule has 0 unspecified atom stereocenters. The first-order chi connectivity index (χ1) is 10.7. The summed E-state index contributed by atoms with van der Waals surface area (Å²) in [4.78, 5) is 14.2. The lowest BCUT2D eigenvalue weighted by atomic mass is 10.1. The lowest BCUT2D eigenvalue weighted by molar-refractivity contribution is 0.0526. The molecule has 0 aliphatic carbocycles. The molecule has 0 aliphatic rings. The zero-order valence-electron chi connectivity index (χ0n) is 13.3. The second-order valence-corrected chi connectivity index (χ2v) is 5.18. The Balaban J connectivity index is 2.21. The molecule has 0 fully saturated rings. The van der Waals surface area contributed by atoms with Crippen LogP contribution < -0.4 is 4.90 Å². The van der Waals surface area contributed by atoms with Crippen molar-refractivity contribution >= 4 is 11.7 Å². The molecule has 0 spiro atoms. The summed E-state index contributed by atoms with van der Waals surface area (Å²) >= 11 is 0. The molecule has 0 saturated carbocycles. The van der Waals surface area contributed by atoms with Crippen molar-refractivity contribution in [3.63, 3.8) is 0 Å². The normalized spacial score (nSPS) is 10.3. The quantitative estimate of drug-likeness (QED) is 0.714. The van der Waals surface area contributed by atoms with Gasteiger partial charge in [0.25, 0.3) is 0 Å². The molecule has 22 heavy (non-hydrogen) atoms. The molecule has 0 heterocycles. The minimum atomic E-state index is -0.263. The van der Waals surface area contributed by atoms with Crippen molar-refractivity contribution in [1.29, 1.82) is 0 Å². The van der Waals surface area contributed by atoms with Crippen molar-refractivity contribution in [2.45, 2.75) is 26.8 Å². The first kappa shape index (κ1) is 16.1. The molecule has 0 aromatic heterocycles. The second-order valence-electron chi connectivity index (χ2n) is 5.18. The third-order valence-electron chi connectivity index (χ3n) is 3.43. The lowest BCUT2D eigenvalue weighted by Gasteiger charge is -2.25. The summed E-state index contributed by atoms with van der Waals surface area (Å²) in [5.74, 6) is -0.263. The topological polar surface area (TPSA) is 29.5 Å². The van der Waals surface area contributed by atoms with Crippen LogP contribution in [0.25, 0.3) is 0 Å². The van der Waals surface area contributed by atoms with Gasteiger partial charge in [0.2, 0.25) is 0 Å². The Labute approximate surface area is 132 Å². The Kier molecular flexibility index (Phi) is 6.01. The Bertz CT molecular complexity index is 595. The summed E-state index contributed by atoms with van der Waals surface area (Å²) in [7, 11) is 0. The molecule has 0 amide bonds. The van der Waals surface area contributed by atoms with Gasteiger partial charge in [-0.3, -0.25) is 0 Å². The molecule has 3 nitrogen and oxygen atoms in total. The van der Waals surface area contributed by atoms with Crippen LogP contribution in [-0.2, 0) is 11.3 Å². The van der Waals surface area contributed by atoms with Crippen molar-refractivity contribution in [2.24, 2.45) is 0 Å². The molecule has 3 heteroatoms. The van der Waals surface area contributed by atoms with E-state index in [1.54, 1.807) is 6.07 Å². The highest BCUT2D eigenvalue weighted by molar-refractivity contribution is 5.90. The second kappa shape index (κ2) is 8.23. The molecule has 116 valence electrons. The first-order valence-corrected chi connectivity index (χ1v) is 7.80. The van der Waals surface area contributed by atoms with E-state index in [4.69, 9.17) is 4.74 Å². The number of carbonyl (C=O) groups excluding carboxylic acids is 1. The van der Waals surface area contributed by atoms with Crippen LogP contribution in [0.4, 0.5) is 5.69 Å². The van der Waals surface area contributed by atoms with Crippen LogP contribution >= 0.6 is 0 Å². The van der Waals surface area contributed by atoms with Gasteiger partial charge in [-0.25, -0.2) is 4.79 Å². The van der Waals surface area contributed by atoms with E-state index in [-0.39, 0.29) is 5.97 Å². The van der Waals surface area contributed by atoms with Crippen LogP contribution in [-0.4, -0.2) is 19.1 Å². The average Bonchev–Trinajstić information content (AvgIpc) is 2.56. The maximum Gasteiger partial charge on any atom is 0.338 e. The lowest BCUT2D eigenvalue weighted by Crippen LogP contribution is -2.23. The van der Waals surface area contributed by atoms with Gasteiger partial charge in [-0.1, -0.05) is 43.3 Å². The predicted octanol–water partition coefficient (Wildman–Crippen LogP) is 4.28. The first-order valence-electron chi connectivity index (χ1n) is 7.80. The number of benzene rings is 2. The number of hydrogen-bond donors (Lipinski definition) is 0. The van der Waals surface area contributed by atoms with E-state index in [0.717, 1.165) is 25.2 Å². The van der Waals surface area contributed by atoms with Gasteiger partial charge in [0.15, 0.2) is 0 Å². The number of anilines is 1. The van der Waals surface area contributed by atoms with Gasteiger partial charge in [0.05, 0.1) is 12.2 Å². The molecule has 0 N–H and O–H groups in total. The van der Waals surface area contributed by atoms with Gasteiger partial charge >= 0.3 is 5.97 Å². The zero-order chi connectivity index (χ0) is 15.8. The van der Waals surface area contributed by atoms with E-state index in [1.165, 1.54) is 5.56 Å². The molecule has 0 atom stereocenters. The standard InChI is InChI=1S/C19H23NO2/c1-3-13-20(15-16-9-6-5-7-10-16)18-12-8-11-17(14-18)19(21)22-4-2/h5-12,14H,3-4,13,15H2,1-2H3. The molecule has 2 aromatic rings. The Hall–Kier alpha value is -2.29. The summed E-state index contributed by atoms with van der Waals surface area (Å²) in [6.07, 6.45) is 1.05. The van der Waals surface area contributed by atoms with Crippen LogP contribution in [0.5, 0.6) is 0 Å². The summed E-state index contributed by atoms with van der Waals surface area (Å²) in [6.45, 7) is 6.15. The van der Waals surface area contributed by atoms with E-state index in [9.17, 15) is 4.79 Å². The van der Waals surface area contributed by atoms with E-state index >= 15 is 0 Å². The van der Waals surface area contributed by atoms with Crippen molar-refractivity contribution in [3.8, 4) is 0 Å². The van der Waals surface area contributed by atoms with E-state index in [2.05, 4.69) is 36.1 Å². The predicted molar refractivity (Wildman–Crippen MR) is 90.2 cm³/mol. The third-order valence-corrected chi connectivity index (χ3v) is 3.43. The van der Waals surface area contributed by atoms with Gasteiger partial charge < -0.3 is 9.64 Å². The van der Waals surface area contributed by atoms with Gasteiger partial charge in [-0.05, 0) is 37.1 Å². The van der Waals surface area contributed by atoms with Crippen LogP contribution in [0.3, 0.4) is 0 Å². The molecule has 0 radical (unpaired) electrons. The molecule has 2 rings (SSSR count). The summed E-state index contributed by atoms with van der Waals surface area (Å²) in [5, 5.41) is 0. The molecular formula is C19H23NO2. The summed E-state index contributed by atoms with van der Waals surface area (Å²) in [6, 6.07) is 18.0. The SMILES string of the molecule is CCCN(Cc1ccccc1)c1cccc(C(=O)OCC)c1. The van der Waals surface area contributed by atoms with Crippen LogP contribution in [0.15, 0.2) is 54.6 Å². The Morgan fingerprint density at radius 1 is 1.05 bits per heavy atom. The zero-order valence-corrected chi connectivity index (χ0v) is 13.3. The maximum atomic E-state index is 11.9. The molecule has 0 saturated heterocycles. The van der Waals surface area contributed by atoms with Gasteiger partial charge in [0.1, 0.15) is 0 Å². The largest absolute Gasteiger partial charge is 0.462 e. The van der Waals surface area contributed by atoms with Crippen LogP contribution in [0, 0.1) is 0 Å². The Morgan fingerprint density at radius 3 is 2.50 bits per heavy atom. The summed E-state index contributed by atoms with van der Waals surface area (Å²) < 4.78 is 5.08. The minimum Gasteiger partial charge on any atom is -0.462 e. The number of hydrogen-bond acceptors (Lipinski definition) is 3. The fourth-order valence-corrected chi connectivity index (χ4v) is 2.42. The fraction of sp³-hybridized carbons (Fsp3) is 0.316. The van der Waals surface area contributed by atoms with Crippen molar-refractivity contribution < 1.29 is 9.53 Å². The Morgan fingerprint density at radius 2 is 1.82 bits per heavy atom. The number of ether oxygens (including phenoxy) is 1. The number of esters is 1. The highest BCUT2D eigenvalue weighted by Crippen LogP contribution is 2.20. The minimum absolute atomic E-state index is 0.263. The molecular weight excluding hydrogens is 274 g/mol. The number of nitrogens with zero attached hydrogens (tertiary/aromatic N) is 1. The van der Waals surface area contributed by atoms with Crippen molar-refractivity contribution in [1.82, 2.24) is 0 Å². The molecule has 0 bridgehead atoms. The highest BCUT2D eigenvalue weighted by atomic mass is 16.5. The van der Waals surface area contributed by atoms with Gasteiger partial charge in [-0.2, -0.15) is 0 Å². The van der Waals surface area contributed by atoms with Crippen LogP contribution in [0.1, 0.15) is 36.2 Å². The van der Waals surface area contributed by atoms with Crippen molar-refractivity contribution in [2.75, 3.05) is 18.1 Å². The van der Waals surface area contributed by atoms with Crippen LogP contribution in [0.2, 0.25) is 0 Å². The number of carbonyl (C=O) groups is 1. The average molecular weight is 297 g/mol.